The van der Waals surface area contributed by atoms with E-state index in [9.17, 15) is 4.79 Å². The number of benzene rings is 2. The number of ether oxygens (including phenoxy) is 1. The lowest BCUT2D eigenvalue weighted by Crippen LogP contribution is -2.08. The summed E-state index contributed by atoms with van der Waals surface area (Å²) in [7, 11) is 0. The lowest BCUT2D eigenvalue weighted by atomic mass is 9.90. The van der Waals surface area contributed by atoms with Crippen LogP contribution in [-0.4, -0.2) is 12.4 Å². The van der Waals surface area contributed by atoms with Crippen molar-refractivity contribution < 1.29 is 9.53 Å². The van der Waals surface area contributed by atoms with Crippen LogP contribution in [-0.2, 0) is 6.42 Å². The van der Waals surface area contributed by atoms with E-state index in [0.29, 0.717) is 0 Å². The maximum atomic E-state index is 12.9. The molecule has 1 heterocycles. The van der Waals surface area contributed by atoms with E-state index in [0.717, 1.165) is 59.4 Å². The van der Waals surface area contributed by atoms with Gasteiger partial charge in [-0.2, -0.15) is 0 Å². The van der Waals surface area contributed by atoms with E-state index in [4.69, 9.17) is 4.74 Å². The van der Waals surface area contributed by atoms with Gasteiger partial charge in [-0.15, -0.1) is 0 Å². The minimum atomic E-state index is 0.108. The zero-order valence-electron chi connectivity index (χ0n) is 13.5. The minimum absolute atomic E-state index is 0.108. The number of fused-ring (bicyclic) bond motifs is 1. The Morgan fingerprint density at radius 2 is 1.91 bits per heavy atom. The van der Waals surface area contributed by atoms with E-state index in [2.05, 4.69) is 6.92 Å². The summed E-state index contributed by atoms with van der Waals surface area (Å²) in [5.74, 6) is 1.10. The van der Waals surface area contributed by atoms with Crippen molar-refractivity contribution in [1.29, 1.82) is 0 Å². The molecule has 0 unspecified atom stereocenters. The smallest absolute Gasteiger partial charge is 0.193 e. The molecule has 0 N–H and O–H groups in total. The fourth-order valence-electron chi connectivity index (χ4n) is 3.22. The molecule has 2 aromatic rings. The van der Waals surface area contributed by atoms with E-state index in [1.807, 2.05) is 44.2 Å². The van der Waals surface area contributed by atoms with Crippen molar-refractivity contribution in [3.8, 4) is 5.75 Å². The third kappa shape index (κ3) is 2.66. The third-order valence-corrected chi connectivity index (χ3v) is 4.44. The third-order valence-electron chi connectivity index (χ3n) is 4.44. The molecule has 0 saturated heterocycles. The second-order valence-electron chi connectivity index (χ2n) is 6.18. The molecule has 0 spiro atoms. The Hall–Kier alpha value is -2.09. The molecule has 3 rings (SSSR count). The largest absolute Gasteiger partial charge is 0.493 e. The Morgan fingerprint density at radius 1 is 1.09 bits per heavy atom. The fourth-order valence-corrected chi connectivity index (χ4v) is 3.22. The van der Waals surface area contributed by atoms with Crippen molar-refractivity contribution in [1.82, 2.24) is 0 Å². The Bertz CT molecular complexity index is 729. The first-order valence-corrected chi connectivity index (χ1v) is 7.95. The first-order chi connectivity index (χ1) is 10.6. The van der Waals surface area contributed by atoms with E-state index in [-0.39, 0.29) is 5.78 Å². The second-order valence-corrected chi connectivity index (χ2v) is 6.18. The highest BCUT2D eigenvalue weighted by atomic mass is 16.5. The van der Waals surface area contributed by atoms with Crippen LogP contribution in [0.3, 0.4) is 0 Å². The number of carbonyl (C=O) groups is 1. The van der Waals surface area contributed by atoms with Gasteiger partial charge in [0.15, 0.2) is 5.78 Å². The lowest BCUT2D eigenvalue weighted by molar-refractivity contribution is 0.103. The first-order valence-electron chi connectivity index (χ1n) is 7.95. The molecule has 1 aliphatic rings. The molecule has 0 radical (unpaired) electrons. The maximum absolute atomic E-state index is 12.9. The van der Waals surface area contributed by atoms with Crippen molar-refractivity contribution in [2.75, 3.05) is 6.61 Å². The van der Waals surface area contributed by atoms with E-state index < -0.39 is 0 Å². The average molecular weight is 294 g/mol. The van der Waals surface area contributed by atoms with E-state index in [1.54, 1.807) is 0 Å². The van der Waals surface area contributed by atoms with Crippen molar-refractivity contribution >= 4 is 5.78 Å². The highest BCUT2D eigenvalue weighted by Crippen LogP contribution is 2.33. The first kappa shape index (κ1) is 14.8. The van der Waals surface area contributed by atoms with Crippen LogP contribution >= 0.6 is 0 Å². The van der Waals surface area contributed by atoms with Gasteiger partial charge in [-0.25, -0.2) is 0 Å². The molecule has 0 aliphatic carbocycles. The van der Waals surface area contributed by atoms with E-state index in [1.165, 1.54) is 5.56 Å². The number of aryl methyl sites for hydroxylation is 2. The van der Waals surface area contributed by atoms with Crippen molar-refractivity contribution in [2.24, 2.45) is 0 Å². The number of carbonyl (C=O) groups excluding carboxylic acids is 1. The van der Waals surface area contributed by atoms with Crippen molar-refractivity contribution in [3.63, 3.8) is 0 Å². The molecule has 0 amide bonds. The van der Waals surface area contributed by atoms with Gasteiger partial charge in [0.25, 0.3) is 0 Å². The summed E-state index contributed by atoms with van der Waals surface area (Å²) >= 11 is 0. The minimum Gasteiger partial charge on any atom is -0.493 e. The molecule has 1 aliphatic heterocycles. The van der Waals surface area contributed by atoms with Gasteiger partial charge >= 0.3 is 0 Å². The van der Waals surface area contributed by atoms with Crippen molar-refractivity contribution in [3.05, 3.63) is 63.7 Å². The zero-order valence-corrected chi connectivity index (χ0v) is 13.5. The normalized spacial score (nSPS) is 14.0. The monoisotopic (exact) mass is 294 g/mol. The Morgan fingerprint density at radius 3 is 2.68 bits per heavy atom. The highest BCUT2D eigenvalue weighted by Gasteiger charge is 2.21. The fraction of sp³-hybridized carbons (Fsp3) is 0.350. The highest BCUT2D eigenvalue weighted by molar-refractivity contribution is 6.10. The van der Waals surface area contributed by atoms with Gasteiger partial charge in [-0.05, 0) is 68.9 Å². The molecule has 0 aromatic heterocycles. The number of ketones is 1. The van der Waals surface area contributed by atoms with Crippen LogP contribution in [0.5, 0.6) is 5.75 Å². The zero-order chi connectivity index (χ0) is 15.7. The Labute approximate surface area is 132 Å². The van der Waals surface area contributed by atoms with Crippen LogP contribution in [0.1, 0.15) is 51.0 Å². The van der Waals surface area contributed by atoms with Gasteiger partial charge in [-0.3, -0.25) is 4.79 Å². The van der Waals surface area contributed by atoms with Gasteiger partial charge in [0.1, 0.15) is 5.75 Å². The Balaban J connectivity index is 2.10. The Kier molecular flexibility index (Phi) is 4.02. The molecule has 114 valence electrons. The van der Waals surface area contributed by atoms with Crippen LogP contribution in [0.25, 0.3) is 0 Å². The van der Waals surface area contributed by atoms with Crippen LogP contribution < -0.4 is 4.74 Å². The molecule has 2 aromatic carbocycles. The standard InChI is InChI=1S/C20H22O2/c1-13-7-6-8-16(11-13)19(21)18-12-14(2)20-17(15(18)3)9-4-5-10-22-20/h6-8,11-12H,4-5,9-10H2,1-3H3. The van der Waals surface area contributed by atoms with Crippen LogP contribution in [0.2, 0.25) is 0 Å². The number of hydrogen-bond acceptors (Lipinski definition) is 2. The molecule has 22 heavy (non-hydrogen) atoms. The van der Waals surface area contributed by atoms with Crippen LogP contribution in [0, 0.1) is 20.8 Å². The summed E-state index contributed by atoms with van der Waals surface area (Å²) in [6, 6.07) is 9.80. The number of hydrogen-bond donors (Lipinski definition) is 0. The molecule has 0 saturated carbocycles. The molecule has 0 atom stereocenters. The lowest BCUT2D eigenvalue weighted by Gasteiger charge is -2.17. The molecule has 2 nitrogen and oxygen atoms in total. The predicted molar refractivity (Wildman–Crippen MR) is 89.0 cm³/mol. The summed E-state index contributed by atoms with van der Waals surface area (Å²) in [4.78, 5) is 12.9. The van der Waals surface area contributed by atoms with Crippen molar-refractivity contribution in [2.45, 2.75) is 40.0 Å². The van der Waals surface area contributed by atoms with Gasteiger partial charge in [-0.1, -0.05) is 23.8 Å². The molecular weight excluding hydrogens is 272 g/mol. The summed E-state index contributed by atoms with van der Waals surface area (Å²) in [5.41, 5.74) is 6.05. The summed E-state index contributed by atoms with van der Waals surface area (Å²) in [6.07, 6.45) is 3.20. The summed E-state index contributed by atoms with van der Waals surface area (Å²) in [5, 5.41) is 0. The number of rotatable bonds is 2. The maximum Gasteiger partial charge on any atom is 0.193 e. The SMILES string of the molecule is Cc1cccc(C(=O)c2cc(C)c3c(c2C)CCCCO3)c1. The average Bonchev–Trinajstić information content (AvgIpc) is 2.76. The molecule has 0 bridgehead atoms. The van der Waals surface area contributed by atoms with Crippen LogP contribution in [0.15, 0.2) is 30.3 Å². The van der Waals surface area contributed by atoms with Gasteiger partial charge in [0, 0.05) is 11.1 Å². The topological polar surface area (TPSA) is 26.3 Å². The molecular formula is C20H22O2. The quantitative estimate of drug-likeness (QED) is 0.759. The van der Waals surface area contributed by atoms with Crippen LogP contribution in [0.4, 0.5) is 0 Å². The summed E-state index contributed by atoms with van der Waals surface area (Å²) < 4.78 is 5.91. The predicted octanol–water partition coefficient (Wildman–Crippen LogP) is 4.56. The van der Waals surface area contributed by atoms with Gasteiger partial charge < -0.3 is 4.74 Å². The van der Waals surface area contributed by atoms with Gasteiger partial charge in [0.05, 0.1) is 6.61 Å². The second kappa shape index (κ2) is 5.96. The van der Waals surface area contributed by atoms with E-state index >= 15 is 0 Å². The summed E-state index contributed by atoms with van der Waals surface area (Å²) in [6.45, 7) is 6.88. The molecule has 0 fully saturated rings. The molecule has 2 heteroatoms. The van der Waals surface area contributed by atoms with Gasteiger partial charge in [0.2, 0.25) is 0 Å².